The summed E-state index contributed by atoms with van der Waals surface area (Å²) in [6.07, 6.45) is 0. The molecule has 1 aromatic rings. The van der Waals surface area contributed by atoms with Crippen LogP contribution >= 0.6 is 0 Å². The molecule has 0 heterocycles. The van der Waals surface area contributed by atoms with Crippen molar-refractivity contribution in [3.05, 3.63) is 29.3 Å². The van der Waals surface area contributed by atoms with Crippen LogP contribution in [-0.4, -0.2) is 16.2 Å². The van der Waals surface area contributed by atoms with Crippen molar-refractivity contribution in [2.75, 3.05) is 0 Å². The minimum absolute atomic E-state index is 0.0742. The summed E-state index contributed by atoms with van der Waals surface area (Å²) in [5.74, 6) is -1.23. The first-order valence-corrected chi connectivity index (χ1v) is 3.80. The standard InChI is InChI=1S/C9H11NO3/c1-5-2-3-6(7(11)4-5)8(10)9(12)13/h2-4,8,11H,10H2,1H3,(H,12,13)/t8-/m1/s1. The van der Waals surface area contributed by atoms with Crippen LogP contribution < -0.4 is 5.73 Å². The highest BCUT2D eigenvalue weighted by Crippen LogP contribution is 2.23. The Bertz CT molecular complexity index is 336. The van der Waals surface area contributed by atoms with E-state index in [4.69, 9.17) is 10.8 Å². The first kappa shape index (κ1) is 9.54. The number of rotatable bonds is 2. The molecule has 0 radical (unpaired) electrons. The molecule has 4 heteroatoms. The van der Waals surface area contributed by atoms with E-state index >= 15 is 0 Å². The summed E-state index contributed by atoms with van der Waals surface area (Å²) in [6.45, 7) is 1.80. The highest BCUT2D eigenvalue weighted by Gasteiger charge is 2.17. The molecule has 0 bridgehead atoms. The van der Waals surface area contributed by atoms with Gasteiger partial charge in [-0.3, -0.25) is 4.79 Å². The Morgan fingerprint density at radius 1 is 1.54 bits per heavy atom. The van der Waals surface area contributed by atoms with Gasteiger partial charge in [0.15, 0.2) is 0 Å². The van der Waals surface area contributed by atoms with Gasteiger partial charge in [-0.1, -0.05) is 12.1 Å². The topological polar surface area (TPSA) is 83.6 Å². The van der Waals surface area contributed by atoms with E-state index in [-0.39, 0.29) is 11.3 Å². The summed E-state index contributed by atoms with van der Waals surface area (Å²) in [4.78, 5) is 10.5. The first-order chi connectivity index (χ1) is 6.02. The zero-order chi connectivity index (χ0) is 10.0. The number of carbonyl (C=O) groups is 1. The molecular weight excluding hydrogens is 170 g/mol. The van der Waals surface area contributed by atoms with Crippen molar-refractivity contribution in [2.45, 2.75) is 13.0 Å². The van der Waals surface area contributed by atoms with Crippen LogP contribution in [-0.2, 0) is 4.79 Å². The van der Waals surface area contributed by atoms with Gasteiger partial charge in [0.25, 0.3) is 0 Å². The number of aliphatic carboxylic acids is 1. The molecule has 0 unspecified atom stereocenters. The normalized spacial score (nSPS) is 12.5. The molecule has 4 nitrogen and oxygen atoms in total. The molecule has 13 heavy (non-hydrogen) atoms. The number of hydrogen-bond donors (Lipinski definition) is 3. The third-order valence-electron chi connectivity index (χ3n) is 1.79. The van der Waals surface area contributed by atoms with Gasteiger partial charge in [-0.15, -0.1) is 0 Å². The predicted molar refractivity (Wildman–Crippen MR) is 47.4 cm³/mol. The summed E-state index contributed by atoms with van der Waals surface area (Å²) in [5.41, 5.74) is 6.42. The fourth-order valence-electron chi connectivity index (χ4n) is 1.05. The van der Waals surface area contributed by atoms with Crippen molar-refractivity contribution in [1.82, 2.24) is 0 Å². The molecule has 0 amide bonds. The molecular formula is C9H11NO3. The smallest absolute Gasteiger partial charge is 0.325 e. The number of phenols is 1. The number of benzene rings is 1. The SMILES string of the molecule is Cc1ccc([C@@H](N)C(=O)O)c(O)c1. The van der Waals surface area contributed by atoms with E-state index in [9.17, 15) is 9.90 Å². The highest BCUT2D eigenvalue weighted by molar-refractivity contribution is 5.76. The van der Waals surface area contributed by atoms with Gasteiger partial charge in [-0.25, -0.2) is 0 Å². The predicted octanol–water partition coefficient (Wildman–Crippen LogP) is 0.785. The van der Waals surface area contributed by atoms with Gasteiger partial charge < -0.3 is 15.9 Å². The largest absolute Gasteiger partial charge is 0.508 e. The van der Waals surface area contributed by atoms with Crippen molar-refractivity contribution in [3.63, 3.8) is 0 Å². The number of hydrogen-bond acceptors (Lipinski definition) is 3. The van der Waals surface area contributed by atoms with Crippen molar-refractivity contribution in [1.29, 1.82) is 0 Å². The van der Waals surface area contributed by atoms with Gasteiger partial charge in [0.1, 0.15) is 11.8 Å². The van der Waals surface area contributed by atoms with Gasteiger partial charge in [0.05, 0.1) is 0 Å². The second-order valence-corrected chi connectivity index (χ2v) is 2.88. The van der Waals surface area contributed by atoms with E-state index in [1.807, 2.05) is 0 Å². The minimum atomic E-state index is -1.17. The monoisotopic (exact) mass is 181 g/mol. The molecule has 0 aromatic heterocycles. The summed E-state index contributed by atoms with van der Waals surface area (Å²) < 4.78 is 0. The maximum absolute atomic E-state index is 10.5. The van der Waals surface area contributed by atoms with Crippen molar-refractivity contribution in [3.8, 4) is 5.75 Å². The first-order valence-electron chi connectivity index (χ1n) is 3.80. The molecule has 4 N–H and O–H groups in total. The Morgan fingerprint density at radius 3 is 2.62 bits per heavy atom. The van der Waals surface area contributed by atoms with E-state index in [0.717, 1.165) is 5.56 Å². The second-order valence-electron chi connectivity index (χ2n) is 2.88. The summed E-state index contributed by atoms with van der Waals surface area (Å²) >= 11 is 0. The Hall–Kier alpha value is -1.55. The van der Waals surface area contributed by atoms with Crippen molar-refractivity contribution < 1.29 is 15.0 Å². The molecule has 0 saturated heterocycles. The third-order valence-corrected chi connectivity index (χ3v) is 1.79. The quantitative estimate of drug-likeness (QED) is 0.629. The number of carboxylic acid groups (broad SMARTS) is 1. The summed E-state index contributed by atoms with van der Waals surface area (Å²) in [5, 5.41) is 18.0. The molecule has 0 aliphatic carbocycles. The van der Waals surface area contributed by atoms with E-state index in [1.165, 1.54) is 12.1 Å². The summed E-state index contributed by atoms with van der Waals surface area (Å²) in [6, 6.07) is 3.54. The Labute approximate surface area is 75.6 Å². The minimum Gasteiger partial charge on any atom is -0.508 e. The molecule has 0 saturated carbocycles. The fraction of sp³-hybridized carbons (Fsp3) is 0.222. The zero-order valence-corrected chi connectivity index (χ0v) is 7.19. The van der Waals surface area contributed by atoms with Crippen LogP contribution in [0.3, 0.4) is 0 Å². The Balaban J connectivity index is 3.08. The summed E-state index contributed by atoms with van der Waals surface area (Å²) in [7, 11) is 0. The number of aromatic hydroxyl groups is 1. The van der Waals surface area contributed by atoms with Crippen LogP contribution in [0.1, 0.15) is 17.2 Å². The molecule has 0 spiro atoms. The van der Waals surface area contributed by atoms with Crippen molar-refractivity contribution in [2.24, 2.45) is 5.73 Å². The van der Waals surface area contributed by atoms with Gasteiger partial charge in [-0.05, 0) is 18.6 Å². The number of carboxylic acids is 1. The maximum Gasteiger partial charge on any atom is 0.325 e. The number of nitrogens with two attached hydrogens (primary N) is 1. The van der Waals surface area contributed by atoms with E-state index in [0.29, 0.717) is 0 Å². The maximum atomic E-state index is 10.5. The lowest BCUT2D eigenvalue weighted by atomic mass is 10.0. The molecule has 1 rings (SSSR count). The van der Waals surface area contributed by atoms with Crippen LogP contribution in [0.2, 0.25) is 0 Å². The Kier molecular flexibility index (Phi) is 2.53. The van der Waals surface area contributed by atoms with E-state index < -0.39 is 12.0 Å². The Morgan fingerprint density at radius 2 is 2.15 bits per heavy atom. The highest BCUT2D eigenvalue weighted by atomic mass is 16.4. The lowest BCUT2D eigenvalue weighted by molar-refractivity contribution is -0.138. The van der Waals surface area contributed by atoms with Crippen LogP contribution in [0.25, 0.3) is 0 Å². The lowest BCUT2D eigenvalue weighted by Gasteiger charge is -2.09. The molecule has 1 atom stereocenters. The zero-order valence-electron chi connectivity index (χ0n) is 7.19. The lowest BCUT2D eigenvalue weighted by Crippen LogP contribution is -2.20. The van der Waals surface area contributed by atoms with E-state index in [1.54, 1.807) is 13.0 Å². The molecule has 1 aromatic carbocycles. The molecule has 0 aliphatic rings. The molecule has 0 aliphatic heterocycles. The van der Waals surface area contributed by atoms with Gasteiger partial charge in [-0.2, -0.15) is 0 Å². The number of phenolic OH excluding ortho intramolecular Hbond substituents is 1. The average molecular weight is 181 g/mol. The van der Waals surface area contributed by atoms with E-state index in [2.05, 4.69) is 0 Å². The van der Waals surface area contributed by atoms with Gasteiger partial charge in [0.2, 0.25) is 0 Å². The number of aryl methyl sites for hydroxylation is 1. The third kappa shape index (κ3) is 1.97. The van der Waals surface area contributed by atoms with Crippen LogP contribution in [0.15, 0.2) is 18.2 Å². The van der Waals surface area contributed by atoms with Crippen LogP contribution in [0.4, 0.5) is 0 Å². The second kappa shape index (κ2) is 3.45. The van der Waals surface area contributed by atoms with Crippen LogP contribution in [0.5, 0.6) is 5.75 Å². The van der Waals surface area contributed by atoms with Crippen molar-refractivity contribution >= 4 is 5.97 Å². The average Bonchev–Trinajstić information content (AvgIpc) is 2.03. The fourth-order valence-corrected chi connectivity index (χ4v) is 1.05. The van der Waals surface area contributed by atoms with Gasteiger partial charge in [0, 0.05) is 5.56 Å². The molecule has 0 fully saturated rings. The molecule has 70 valence electrons. The van der Waals surface area contributed by atoms with Crippen LogP contribution in [0, 0.1) is 6.92 Å². The van der Waals surface area contributed by atoms with Gasteiger partial charge >= 0.3 is 5.97 Å².